The number of esters is 1. The highest BCUT2D eigenvalue weighted by Gasteiger charge is 2.35. The standard InChI is InChI=1S/C29H27N3O7S2/c1-19-5-4-6-21(17-19)18-26-28(35)32(29(36)40-26)16-15-27(34)39-24-11-9-23(10-12-24)31(3)41(37,38)25-13-7-22(8-14-25)30-20(2)33/h4-14,17-18H,15-16H2,1-3H3,(H,30,33)/b26-18+. The summed E-state index contributed by atoms with van der Waals surface area (Å²) < 4.78 is 32.4. The van der Waals surface area contributed by atoms with Gasteiger partial charge in [-0.3, -0.25) is 28.4 Å². The number of nitrogens with zero attached hydrogens (tertiary/aromatic N) is 2. The van der Waals surface area contributed by atoms with Gasteiger partial charge in [0, 0.05) is 26.2 Å². The van der Waals surface area contributed by atoms with Crippen LogP contribution in [0.25, 0.3) is 6.08 Å². The molecule has 1 N–H and O–H groups in total. The van der Waals surface area contributed by atoms with Gasteiger partial charge in [0.05, 0.1) is 21.9 Å². The summed E-state index contributed by atoms with van der Waals surface area (Å²) in [4.78, 5) is 50.0. The van der Waals surface area contributed by atoms with E-state index >= 15 is 0 Å². The van der Waals surface area contributed by atoms with Crippen molar-refractivity contribution in [3.63, 3.8) is 0 Å². The number of hydrogen-bond acceptors (Lipinski definition) is 8. The van der Waals surface area contributed by atoms with Gasteiger partial charge in [0.1, 0.15) is 5.75 Å². The molecule has 0 aliphatic carbocycles. The first-order valence-electron chi connectivity index (χ1n) is 12.4. The summed E-state index contributed by atoms with van der Waals surface area (Å²) in [5.74, 6) is -1.21. The Morgan fingerprint density at radius 1 is 1.02 bits per heavy atom. The topological polar surface area (TPSA) is 130 Å². The highest BCUT2D eigenvalue weighted by Crippen LogP contribution is 2.32. The predicted octanol–water partition coefficient (Wildman–Crippen LogP) is 4.81. The van der Waals surface area contributed by atoms with Crippen LogP contribution in [0.1, 0.15) is 24.5 Å². The number of ether oxygens (including phenoxy) is 1. The lowest BCUT2D eigenvalue weighted by Crippen LogP contribution is -2.31. The van der Waals surface area contributed by atoms with Crippen LogP contribution in [-0.2, 0) is 24.4 Å². The second-order valence-corrected chi connectivity index (χ2v) is 12.1. The fourth-order valence-electron chi connectivity index (χ4n) is 3.92. The van der Waals surface area contributed by atoms with E-state index in [0.29, 0.717) is 11.4 Å². The van der Waals surface area contributed by atoms with Crippen molar-refractivity contribution in [3.8, 4) is 5.75 Å². The average molecular weight is 594 g/mol. The zero-order valence-electron chi connectivity index (χ0n) is 22.5. The van der Waals surface area contributed by atoms with Crippen LogP contribution in [0.4, 0.5) is 16.2 Å². The lowest BCUT2D eigenvalue weighted by molar-refractivity contribution is -0.135. The molecule has 0 saturated carbocycles. The first-order valence-corrected chi connectivity index (χ1v) is 14.7. The van der Waals surface area contributed by atoms with Crippen molar-refractivity contribution in [1.29, 1.82) is 0 Å². The Morgan fingerprint density at radius 2 is 1.71 bits per heavy atom. The molecule has 0 radical (unpaired) electrons. The number of benzene rings is 3. The molecule has 3 amide bonds. The van der Waals surface area contributed by atoms with Gasteiger partial charge >= 0.3 is 5.97 Å². The van der Waals surface area contributed by atoms with Gasteiger partial charge in [0.15, 0.2) is 0 Å². The summed E-state index contributed by atoms with van der Waals surface area (Å²) in [6.45, 7) is 3.16. The maximum atomic E-state index is 13.0. The highest BCUT2D eigenvalue weighted by molar-refractivity contribution is 8.18. The van der Waals surface area contributed by atoms with Crippen LogP contribution in [0.15, 0.2) is 82.6 Å². The summed E-state index contributed by atoms with van der Waals surface area (Å²) in [5, 5.41) is 2.12. The normalized spacial score (nSPS) is 14.3. The molecule has 1 aliphatic rings. The van der Waals surface area contributed by atoms with E-state index in [-0.39, 0.29) is 34.4 Å². The molecule has 1 saturated heterocycles. The van der Waals surface area contributed by atoms with Gasteiger partial charge in [0.2, 0.25) is 5.91 Å². The summed E-state index contributed by atoms with van der Waals surface area (Å²) in [6.07, 6.45) is 1.44. The fourth-order valence-corrected chi connectivity index (χ4v) is 5.98. The van der Waals surface area contributed by atoms with Crippen LogP contribution in [0.2, 0.25) is 0 Å². The number of aryl methyl sites for hydroxylation is 1. The quantitative estimate of drug-likeness (QED) is 0.213. The number of rotatable bonds is 9. The largest absolute Gasteiger partial charge is 0.426 e. The number of hydrogen-bond donors (Lipinski definition) is 1. The fraction of sp³-hybridized carbons (Fsp3) is 0.172. The third-order valence-corrected chi connectivity index (χ3v) is 8.73. The van der Waals surface area contributed by atoms with Crippen molar-refractivity contribution in [3.05, 3.63) is 88.8 Å². The van der Waals surface area contributed by atoms with Crippen LogP contribution in [0, 0.1) is 6.92 Å². The Balaban J connectivity index is 1.33. The maximum absolute atomic E-state index is 13.0. The Hall–Kier alpha value is -4.42. The number of anilines is 2. The van der Waals surface area contributed by atoms with E-state index in [0.717, 1.165) is 32.1 Å². The Kier molecular flexibility index (Phi) is 8.94. The molecule has 0 spiro atoms. The van der Waals surface area contributed by atoms with Crippen LogP contribution in [0.3, 0.4) is 0 Å². The van der Waals surface area contributed by atoms with Crippen molar-refractivity contribution in [1.82, 2.24) is 4.90 Å². The zero-order valence-corrected chi connectivity index (χ0v) is 24.1. The summed E-state index contributed by atoms with van der Waals surface area (Å²) in [6, 6.07) is 19.2. The van der Waals surface area contributed by atoms with Gasteiger partial charge in [0.25, 0.3) is 21.2 Å². The molecule has 41 heavy (non-hydrogen) atoms. The molecular formula is C29H27N3O7S2. The summed E-state index contributed by atoms with van der Waals surface area (Å²) in [5.41, 5.74) is 2.63. The minimum atomic E-state index is -3.89. The van der Waals surface area contributed by atoms with E-state index in [9.17, 15) is 27.6 Å². The van der Waals surface area contributed by atoms with E-state index in [1.807, 2.05) is 31.2 Å². The molecule has 4 rings (SSSR count). The van der Waals surface area contributed by atoms with Crippen LogP contribution in [0.5, 0.6) is 5.75 Å². The lowest BCUT2D eigenvalue weighted by atomic mass is 10.1. The number of sulfonamides is 1. The Morgan fingerprint density at radius 3 is 2.34 bits per heavy atom. The van der Waals surface area contributed by atoms with Crippen molar-refractivity contribution in [2.75, 3.05) is 23.2 Å². The molecule has 3 aromatic rings. The second-order valence-electron chi connectivity index (χ2n) is 9.14. The molecule has 212 valence electrons. The van der Waals surface area contributed by atoms with E-state index in [2.05, 4.69) is 5.32 Å². The number of carbonyl (C=O) groups excluding carboxylic acids is 4. The number of amides is 3. The molecule has 1 aliphatic heterocycles. The first kappa shape index (κ1) is 29.6. The number of thioether (sulfide) groups is 1. The Bertz CT molecular complexity index is 1630. The highest BCUT2D eigenvalue weighted by atomic mass is 32.2. The van der Waals surface area contributed by atoms with Crippen LogP contribution < -0.4 is 14.4 Å². The summed E-state index contributed by atoms with van der Waals surface area (Å²) >= 11 is 0.822. The Labute approximate surface area is 242 Å². The van der Waals surface area contributed by atoms with Gasteiger partial charge in [-0.2, -0.15) is 0 Å². The molecule has 0 unspecified atom stereocenters. The second kappa shape index (κ2) is 12.4. The van der Waals surface area contributed by atoms with E-state index < -0.39 is 27.1 Å². The van der Waals surface area contributed by atoms with Gasteiger partial charge in [-0.05, 0) is 78.9 Å². The van der Waals surface area contributed by atoms with Crippen molar-refractivity contribution in [2.24, 2.45) is 0 Å². The SMILES string of the molecule is CC(=O)Nc1ccc(S(=O)(=O)N(C)c2ccc(OC(=O)CCN3C(=O)S/C(=C/c4cccc(C)c4)C3=O)cc2)cc1. The van der Waals surface area contributed by atoms with Gasteiger partial charge in [-0.15, -0.1) is 0 Å². The third kappa shape index (κ3) is 7.21. The zero-order chi connectivity index (χ0) is 29.7. The predicted molar refractivity (Wildman–Crippen MR) is 157 cm³/mol. The number of carbonyl (C=O) groups is 4. The van der Waals surface area contributed by atoms with Crippen molar-refractivity contribution >= 4 is 62.3 Å². The lowest BCUT2D eigenvalue weighted by Gasteiger charge is -2.20. The number of imide groups is 1. The molecule has 0 bridgehead atoms. The smallest absolute Gasteiger partial charge is 0.312 e. The van der Waals surface area contributed by atoms with Crippen molar-refractivity contribution in [2.45, 2.75) is 25.2 Å². The maximum Gasteiger partial charge on any atom is 0.312 e. The molecule has 0 aromatic heterocycles. The van der Waals surface area contributed by atoms with Gasteiger partial charge in [-0.25, -0.2) is 8.42 Å². The van der Waals surface area contributed by atoms with E-state index in [1.165, 1.54) is 62.5 Å². The molecular weight excluding hydrogens is 566 g/mol. The molecule has 10 nitrogen and oxygen atoms in total. The van der Waals surface area contributed by atoms with E-state index in [4.69, 9.17) is 4.74 Å². The molecule has 1 fully saturated rings. The minimum Gasteiger partial charge on any atom is -0.426 e. The van der Waals surface area contributed by atoms with Gasteiger partial charge in [-0.1, -0.05) is 29.8 Å². The number of nitrogens with one attached hydrogen (secondary N) is 1. The summed E-state index contributed by atoms with van der Waals surface area (Å²) in [7, 11) is -2.50. The monoisotopic (exact) mass is 593 g/mol. The molecule has 12 heteroatoms. The van der Waals surface area contributed by atoms with Crippen LogP contribution >= 0.6 is 11.8 Å². The van der Waals surface area contributed by atoms with Crippen molar-refractivity contribution < 1.29 is 32.3 Å². The third-order valence-electron chi connectivity index (χ3n) is 6.02. The minimum absolute atomic E-state index is 0.0330. The van der Waals surface area contributed by atoms with E-state index in [1.54, 1.807) is 6.08 Å². The molecule has 3 aromatic carbocycles. The van der Waals surface area contributed by atoms with Crippen LogP contribution in [-0.4, -0.2) is 49.9 Å². The van der Waals surface area contributed by atoms with Gasteiger partial charge < -0.3 is 10.1 Å². The molecule has 1 heterocycles. The first-order chi connectivity index (χ1) is 19.4. The average Bonchev–Trinajstić information content (AvgIpc) is 3.19. The molecule has 0 atom stereocenters.